The van der Waals surface area contributed by atoms with Crippen LogP contribution in [0.15, 0.2) is 18.5 Å². The fourth-order valence-electron chi connectivity index (χ4n) is 3.06. The molecule has 8 nitrogen and oxygen atoms in total. The van der Waals surface area contributed by atoms with Gasteiger partial charge in [0.1, 0.15) is 17.6 Å². The first kappa shape index (κ1) is 19.8. The maximum absolute atomic E-state index is 12.2. The van der Waals surface area contributed by atoms with E-state index in [0.717, 1.165) is 37.7 Å². The molecule has 0 saturated carbocycles. The SMILES string of the molecule is CN(CC(=O)OCC(=O)Nc1sc2c(c1C#N)CCCCC2)c1ncccn1. The minimum absolute atomic E-state index is 0.0754. The van der Waals surface area contributed by atoms with Gasteiger partial charge in [0.25, 0.3) is 5.91 Å². The van der Waals surface area contributed by atoms with E-state index in [2.05, 4.69) is 21.4 Å². The second-order valence-corrected chi connectivity index (χ2v) is 7.60. The lowest BCUT2D eigenvalue weighted by atomic mass is 10.1. The normalized spacial score (nSPS) is 13.0. The highest BCUT2D eigenvalue weighted by molar-refractivity contribution is 7.16. The average Bonchev–Trinajstić information content (AvgIpc) is 2.86. The van der Waals surface area contributed by atoms with E-state index < -0.39 is 18.5 Å². The molecule has 1 aliphatic rings. The van der Waals surface area contributed by atoms with Crippen LogP contribution < -0.4 is 10.2 Å². The number of likely N-dealkylation sites (N-methyl/N-ethyl adjacent to an activating group) is 1. The number of anilines is 2. The molecule has 0 spiro atoms. The predicted molar refractivity (Wildman–Crippen MR) is 105 cm³/mol. The van der Waals surface area contributed by atoms with Gasteiger partial charge in [-0.15, -0.1) is 11.3 Å². The number of rotatable bonds is 6. The maximum Gasteiger partial charge on any atom is 0.326 e. The molecule has 0 radical (unpaired) electrons. The van der Waals surface area contributed by atoms with Crippen LogP contribution in [0.3, 0.4) is 0 Å². The van der Waals surface area contributed by atoms with Crippen LogP contribution in [0, 0.1) is 11.3 Å². The zero-order valence-corrected chi connectivity index (χ0v) is 16.4. The summed E-state index contributed by atoms with van der Waals surface area (Å²) in [6.45, 7) is -0.482. The van der Waals surface area contributed by atoms with Gasteiger partial charge in [-0.2, -0.15) is 5.26 Å². The first-order valence-corrected chi connectivity index (χ1v) is 9.88. The van der Waals surface area contributed by atoms with E-state index in [4.69, 9.17) is 4.74 Å². The molecular weight excluding hydrogens is 378 g/mol. The molecule has 0 saturated heterocycles. The number of fused-ring (bicyclic) bond motifs is 1. The number of aryl methyl sites for hydroxylation is 1. The van der Waals surface area contributed by atoms with Gasteiger partial charge >= 0.3 is 5.97 Å². The van der Waals surface area contributed by atoms with Gasteiger partial charge in [0.05, 0.1) is 5.56 Å². The van der Waals surface area contributed by atoms with E-state index in [1.807, 2.05) is 0 Å². The molecule has 0 aliphatic heterocycles. The van der Waals surface area contributed by atoms with Crippen molar-refractivity contribution in [3.05, 3.63) is 34.5 Å². The van der Waals surface area contributed by atoms with E-state index in [1.54, 1.807) is 25.5 Å². The Balaban J connectivity index is 1.53. The Morgan fingerprint density at radius 1 is 1.29 bits per heavy atom. The van der Waals surface area contributed by atoms with Crippen molar-refractivity contribution in [2.45, 2.75) is 32.1 Å². The molecule has 0 unspecified atom stereocenters. The van der Waals surface area contributed by atoms with Crippen LogP contribution in [-0.4, -0.2) is 42.0 Å². The minimum Gasteiger partial charge on any atom is -0.454 e. The Kier molecular flexibility index (Phi) is 6.55. The smallest absolute Gasteiger partial charge is 0.326 e. The summed E-state index contributed by atoms with van der Waals surface area (Å²) in [6.07, 6.45) is 8.28. The summed E-state index contributed by atoms with van der Waals surface area (Å²) in [7, 11) is 1.66. The number of hydrogen-bond acceptors (Lipinski definition) is 8. The number of esters is 1. The zero-order valence-electron chi connectivity index (χ0n) is 15.6. The van der Waals surface area contributed by atoms with Crippen molar-refractivity contribution in [1.82, 2.24) is 9.97 Å². The van der Waals surface area contributed by atoms with Gasteiger partial charge in [-0.05, 0) is 37.3 Å². The van der Waals surface area contributed by atoms with Crippen molar-refractivity contribution in [2.75, 3.05) is 30.4 Å². The molecule has 1 amide bonds. The van der Waals surface area contributed by atoms with E-state index >= 15 is 0 Å². The topological polar surface area (TPSA) is 108 Å². The quantitative estimate of drug-likeness (QED) is 0.586. The number of thiophene rings is 1. The first-order valence-electron chi connectivity index (χ1n) is 9.06. The van der Waals surface area contributed by atoms with Crippen molar-refractivity contribution in [2.24, 2.45) is 0 Å². The molecule has 9 heteroatoms. The van der Waals surface area contributed by atoms with Crippen molar-refractivity contribution in [3.63, 3.8) is 0 Å². The van der Waals surface area contributed by atoms with Gasteiger partial charge in [0, 0.05) is 24.3 Å². The van der Waals surface area contributed by atoms with Crippen molar-refractivity contribution in [3.8, 4) is 6.07 Å². The van der Waals surface area contributed by atoms with Gasteiger partial charge in [-0.1, -0.05) is 6.42 Å². The van der Waals surface area contributed by atoms with Crippen LogP contribution >= 0.6 is 11.3 Å². The molecule has 0 atom stereocenters. The molecule has 146 valence electrons. The molecule has 2 heterocycles. The van der Waals surface area contributed by atoms with Crippen molar-refractivity contribution < 1.29 is 14.3 Å². The minimum atomic E-state index is -0.562. The molecule has 1 aliphatic carbocycles. The lowest BCUT2D eigenvalue weighted by molar-refractivity contribution is -0.145. The maximum atomic E-state index is 12.2. The highest BCUT2D eigenvalue weighted by Gasteiger charge is 2.21. The van der Waals surface area contributed by atoms with Crippen LogP contribution in [0.5, 0.6) is 0 Å². The summed E-state index contributed by atoms with van der Waals surface area (Å²) in [5.74, 6) is -0.630. The number of aromatic nitrogens is 2. The second kappa shape index (κ2) is 9.28. The molecule has 28 heavy (non-hydrogen) atoms. The Hall–Kier alpha value is -2.99. The van der Waals surface area contributed by atoms with E-state index in [-0.39, 0.29) is 6.54 Å². The molecule has 0 fully saturated rings. The highest BCUT2D eigenvalue weighted by atomic mass is 32.1. The third-order valence-corrected chi connectivity index (χ3v) is 5.62. The van der Waals surface area contributed by atoms with Gasteiger partial charge in [-0.25, -0.2) is 9.97 Å². The van der Waals surface area contributed by atoms with E-state index in [1.165, 1.54) is 21.1 Å². The van der Waals surface area contributed by atoms with Crippen LogP contribution in [0.2, 0.25) is 0 Å². The number of carbonyl (C=O) groups is 2. The largest absolute Gasteiger partial charge is 0.454 e. The standard InChI is InChI=1S/C19H21N5O3S/c1-24(19-21-8-5-9-22-19)11-17(26)27-12-16(25)23-18-14(10-20)13-6-3-2-4-7-15(13)28-18/h5,8-9H,2-4,6-7,11-12H2,1H3,(H,23,25). The third-order valence-electron chi connectivity index (χ3n) is 4.41. The molecule has 0 aromatic carbocycles. The Labute approximate surface area is 167 Å². The lowest BCUT2D eigenvalue weighted by Gasteiger charge is -2.15. The number of nitrogens with one attached hydrogen (secondary N) is 1. The molecule has 2 aromatic rings. The second-order valence-electron chi connectivity index (χ2n) is 6.49. The Bertz CT molecular complexity index is 891. The summed E-state index contributed by atoms with van der Waals surface area (Å²) in [5.41, 5.74) is 1.60. The number of amides is 1. The zero-order chi connectivity index (χ0) is 19.9. The third kappa shape index (κ3) is 4.84. The molecule has 0 bridgehead atoms. The van der Waals surface area contributed by atoms with E-state index in [9.17, 15) is 14.9 Å². The van der Waals surface area contributed by atoms with Crippen LogP contribution in [0.4, 0.5) is 10.9 Å². The van der Waals surface area contributed by atoms with Gasteiger partial charge < -0.3 is 15.0 Å². The molecular formula is C19H21N5O3S. The number of ether oxygens (including phenoxy) is 1. The summed E-state index contributed by atoms with van der Waals surface area (Å²) in [5, 5.41) is 12.8. The number of carbonyl (C=O) groups excluding carboxylic acids is 2. The molecule has 1 N–H and O–H groups in total. The molecule has 3 rings (SSSR count). The number of nitrogens with zero attached hydrogens (tertiary/aromatic N) is 4. The Morgan fingerprint density at radius 3 is 2.79 bits per heavy atom. The average molecular weight is 399 g/mol. The fraction of sp³-hybridized carbons (Fsp3) is 0.421. The van der Waals surface area contributed by atoms with Gasteiger partial charge in [0.15, 0.2) is 6.61 Å². The summed E-state index contributed by atoms with van der Waals surface area (Å²) >= 11 is 1.45. The monoisotopic (exact) mass is 399 g/mol. The highest BCUT2D eigenvalue weighted by Crippen LogP contribution is 2.36. The lowest BCUT2D eigenvalue weighted by Crippen LogP contribution is -2.30. The van der Waals surface area contributed by atoms with Crippen LogP contribution in [0.25, 0.3) is 0 Å². The first-order chi connectivity index (χ1) is 13.6. The van der Waals surface area contributed by atoms with Crippen molar-refractivity contribution in [1.29, 1.82) is 5.26 Å². The van der Waals surface area contributed by atoms with Crippen LogP contribution in [-0.2, 0) is 27.2 Å². The fourth-order valence-corrected chi connectivity index (χ4v) is 4.31. The molecule has 2 aromatic heterocycles. The predicted octanol–water partition coefficient (Wildman–Crippen LogP) is 2.30. The van der Waals surface area contributed by atoms with E-state index in [0.29, 0.717) is 16.5 Å². The summed E-state index contributed by atoms with van der Waals surface area (Å²) < 4.78 is 5.04. The number of nitriles is 1. The Morgan fingerprint density at radius 2 is 2.04 bits per heavy atom. The summed E-state index contributed by atoms with van der Waals surface area (Å²) in [6, 6.07) is 3.89. The number of hydrogen-bond donors (Lipinski definition) is 1. The van der Waals surface area contributed by atoms with Gasteiger partial charge in [-0.3, -0.25) is 9.59 Å². The van der Waals surface area contributed by atoms with Crippen LogP contribution in [0.1, 0.15) is 35.3 Å². The summed E-state index contributed by atoms with van der Waals surface area (Å²) in [4.78, 5) is 34.9. The van der Waals surface area contributed by atoms with Gasteiger partial charge in [0.2, 0.25) is 5.95 Å². The van der Waals surface area contributed by atoms with Crippen molar-refractivity contribution >= 4 is 34.2 Å².